The molecule has 0 spiro atoms. The van der Waals surface area contributed by atoms with Crippen molar-refractivity contribution in [1.29, 1.82) is 0 Å². The number of rotatable bonds is 2. The monoisotopic (exact) mass is 223 g/mol. The molecule has 16 heavy (non-hydrogen) atoms. The summed E-state index contributed by atoms with van der Waals surface area (Å²) in [4.78, 5) is 0. The van der Waals surface area contributed by atoms with Gasteiger partial charge in [-0.1, -0.05) is 46.5 Å². The molecule has 2 rings (SSSR count). The Morgan fingerprint density at radius 2 is 1.62 bits per heavy atom. The minimum absolute atomic E-state index is 0.805. The lowest BCUT2D eigenvalue weighted by Crippen LogP contribution is -2.47. The van der Waals surface area contributed by atoms with Crippen LogP contribution in [0.1, 0.15) is 65.7 Å². The zero-order valence-electron chi connectivity index (χ0n) is 11.3. The summed E-state index contributed by atoms with van der Waals surface area (Å²) in [6.45, 7) is 7.30. The second-order valence-electron chi connectivity index (χ2n) is 6.51. The van der Waals surface area contributed by atoms with Gasteiger partial charge >= 0.3 is 0 Å². The topological polar surface area (TPSA) is 12.0 Å². The average Bonchev–Trinajstić information content (AvgIpc) is 2.25. The van der Waals surface area contributed by atoms with Crippen LogP contribution < -0.4 is 5.32 Å². The summed E-state index contributed by atoms with van der Waals surface area (Å²) < 4.78 is 0. The SMILES string of the molecule is CC1CCCC(NC2CCCC(C)C2C)C1. The third-order valence-corrected chi connectivity index (χ3v) is 5.09. The molecule has 0 heterocycles. The highest BCUT2D eigenvalue weighted by Gasteiger charge is 2.29. The minimum atomic E-state index is 0.805. The number of nitrogens with one attached hydrogen (secondary N) is 1. The fourth-order valence-electron chi connectivity index (χ4n) is 3.71. The van der Waals surface area contributed by atoms with E-state index in [0.717, 1.165) is 29.8 Å². The van der Waals surface area contributed by atoms with Crippen molar-refractivity contribution in [2.24, 2.45) is 17.8 Å². The van der Waals surface area contributed by atoms with E-state index in [0.29, 0.717) is 0 Å². The van der Waals surface area contributed by atoms with Crippen molar-refractivity contribution in [1.82, 2.24) is 5.32 Å². The van der Waals surface area contributed by atoms with Crippen molar-refractivity contribution in [2.45, 2.75) is 77.8 Å². The first-order valence-corrected chi connectivity index (χ1v) is 7.43. The fourth-order valence-corrected chi connectivity index (χ4v) is 3.71. The average molecular weight is 223 g/mol. The van der Waals surface area contributed by atoms with Gasteiger partial charge in [-0.05, 0) is 37.0 Å². The van der Waals surface area contributed by atoms with Crippen molar-refractivity contribution < 1.29 is 0 Å². The van der Waals surface area contributed by atoms with Gasteiger partial charge in [-0.15, -0.1) is 0 Å². The molecule has 0 aliphatic heterocycles. The molecule has 2 aliphatic carbocycles. The molecule has 94 valence electrons. The molecule has 1 heteroatoms. The van der Waals surface area contributed by atoms with Crippen LogP contribution >= 0.6 is 0 Å². The summed E-state index contributed by atoms with van der Waals surface area (Å²) in [5.41, 5.74) is 0. The van der Waals surface area contributed by atoms with E-state index in [1.165, 1.54) is 44.9 Å². The first-order valence-electron chi connectivity index (χ1n) is 7.43. The van der Waals surface area contributed by atoms with Crippen LogP contribution in [0.25, 0.3) is 0 Å². The highest BCUT2D eigenvalue weighted by Crippen LogP contribution is 2.31. The molecular formula is C15H29N. The fraction of sp³-hybridized carbons (Fsp3) is 1.00. The molecule has 5 unspecified atom stereocenters. The zero-order chi connectivity index (χ0) is 11.5. The maximum absolute atomic E-state index is 3.97. The van der Waals surface area contributed by atoms with Gasteiger partial charge in [-0.2, -0.15) is 0 Å². The van der Waals surface area contributed by atoms with Crippen LogP contribution in [0.15, 0.2) is 0 Å². The van der Waals surface area contributed by atoms with Crippen molar-refractivity contribution >= 4 is 0 Å². The van der Waals surface area contributed by atoms with Gasteiger partial charge in [-0.25, -0.2) is 0 Å². The molecule has 0 amide bonds. The lowest BCUT2D eigenvalue weighted by molar-refractivity contribution is 0.173. The molecule has 0 aromatic heterocycles. The van der Waals surface area contributed by atoms with Crippen molar-refractivity contribution in [3.63, 3.8) is 0 Å². The quantitative estimate of drug-likeness (QED) is 0.746. The van der Waals surface area contributed by atoms with Crippen LogP contribution in [0.2, 0.25) is 0 Å². The lowest BCUT2D eigenvalue weighted by atomic mass is 9.77. The minimum Gasteiger partial charge on any atom is -0.311 e. The molecule has 2 fully saturated rings. The van der Waals surface area contributed by atoms with E-state index in [9.17, 15) is 0 Å². The Morgan fingerprint density at radius 1 is 0.875 bits per heavy atom. The van der Waals surface area contributed by atoms with Crippen molar-refractivity contribution in [3.05, 3.63) is 0 Å². The molecule has 1 N–H and O–H groups in total. The summed E-state index contributed by atoms with van der Waals surface area (Å²) in [5.74, 6) is 2.75. The van der Waals surface area contributed by atoms with Gasteiger partial charge in [0.15, 0.2) is 0 Å². The van der Waals surface area contributed by atoms with Gasteiger partial charge in [-0.3, -0.25) is 0 Å². The van der Waals surface area contributed by atoms with Crippen LogP contribution in [-0.4, -0.2) is 12.1 Å². The largest absolute Gasteiger partial charge is 0.311 e. The Bertz CT molecular complexity index is 213. The predicted octanol–water partition coefficient (Wildman–Crippen LogP) is 3.98. The first kappa shape index (κ1) is 12.4. The lowest BCUT2D eigenvalue weighted by Gasteiger charge is -2.39. The summed E-state index contributed by atoms with van der Waals surface area (Å²) in [7, 11) is 0. The Hall–Kier alpha value is -0.0400. The Kier molecular flexibility index (Phi) is 4.29. The Balaban J connectivity index is 1.83. The second-order valence-corrected chi connectivity index (χ2v) is 6.51. The molecule has 2 aliphatic rings. The van der Waals surface area contributed by atoms with Crippen molar-refractivity contribution in [2.75, 3.05) is 0 Å². The van der Waals surface area contributed by atoms with Crippen LogP contribution in [-0.2, 0) is 0 Å². The molecule has 0 saturated heterocycles. The van der Waals surface area contributed by atoms with Gasteiger partial charge in [0, 0.05) is 12.1 Å². The second kappa shape index (κ2) is 5.53. The Morgan fingerprint density at radius 3 is 2.38 bits per heavy atom. The van der Waals surface area contributed by atoms with Gasteiger partial charge in [0.25, 0.3) is 0 Å². The number of hydrogen-bond acceptors (Lipinski definition) is 1. The van der Waals surface area contributed by atoms with E-state index in [1.807, 2.05) is 0 Å². The van der Waals surface area contributed by atoms with Gasteiger partial charge < -0.3 is 5.32 Å². The van der Waals surface area contributed by atoms with Gasteiger partial charge in [0.05, 0.1) is 0 Å². The van der Waals surface area contributed by atoms with E-state index in [-0.39, 0.29) is 0 Å². The van der Waals surface area contributed by atoms with E-state index in [4.69, 9.17) is 0 Å². The van der Waals surface area contributed by atoms with E-state index in [1.54, 1.807) is 0 Å². The standard InChI is InChI=1S/C15H29N/c1-11-6-4-8-14(10-11)16-15-9-5-7-12(2)13(15)3/h11-16H,4-10H2,1-3H3. The molecule has 0 aromatic rings. The van der Waals surface area contributed by atoms with Crippen LogP contribution in [0.5, 0.6) is 0 Å². The third kappa shape index (κ3) is 3.00. The Labute approximate surface area is 101 Å². The molecule has 1 nitrogen and oxygen atoms in total. The molecule has 2 saturated carbocycles. The summed E-state index contributed by atoms with van der Waals surface area (Å²) in [5, 5.41) is 3.97. The zero-order valence-corrected chi connectivity index (χ0v) is 11.3. The third-order valence-electron chi connectivity index (χ3n) is 5.09. The molecule has 0 radical (unpaired) electrons. The molecule has 5 atom stereocenters. The summed E-state index contributed by atoms with van der Waals surface area (Å²) in [6, 6.07) is 1.63. The van der Waals surface area contributed by atoms with Crippen molar-refractivity contribution in [3.8, 4) is 0 Å². The molecular weight excluding hydrogens is 194 g/mol. The molecule has 0 aromatic carbocycles. The highest BCUT2D eigenvalue weighted by molar-refractivity contribution is 4.86. The van der Waals surface area contributed by atoms with Crippen LogP contribution in [0.4, 0.5) is 0 Å². The predicted molar refractivity (Wildman–Crippen MR) is 70.5 cm³/mol. The van der Waals surface area contributed by atoms with E-state index < -0.39 is 0 Å². The van der Waals surface area contributed by atoms with E-state index in [2.05, 4.69) is 26.1 Å². The highest BCUT2D eigenvalue weighted by atomic mass is 15.0. The van der Waals surface area contributed by atoms with Crippen LogP contribution in [0, 0.1) is 17.8 Å². The maximum atomic E-state index is 3.97. The molecule has 0 bridgehead atoms. The van der Waals surface area contributed by atoms with Gasteiger partial charge in [0.2, 0.25) is 0 Å². The maximum Gasteiger partial charge on any atom is 0.00978 e. The normalized spacial score (nSPS) is 45.6. The van der Waals surface area contributed by atoms with E-state index >= 15 is 0 Å². The number of hydrogen-bond donors (Lipinski definition) is 1. The summed E-state index contributed by atoms with van der Waals surface area (Å²) >= 11 is 0. The summed E-state index contributed by atoms with van der Waals surface area (Å²) in [6.07, 6.45) is 10.0. The smallest absolute Gasteiger partial charge is 0.00978 e. The van der Waals surface area contributed by atoms with Crippen LogP contribution in [0.3, 0.4) is 0 Å². The first-order chi connectivity index (χ1) is 7.66. The van der Waals surface area contributed by atoms with Gasteiger partial charge in [0.1, 0.15) is 0 Å².